The van der Waals surface area contributed by atoms with Crippen molar-refractivity contribution in [2.24, 2.45) is 0 Å². The van der Waals surface area contributed by atoms with Gasteiger partial charge in [-0.05, 0) is 56.9 Å². The number of halogens is 1. The minimum absolute atomic E-state index is 0.110. The van der Waals surface area contributed by atoms with Gasteiger partial charge in [-0.25, -0.2) is 23.1 Å². The van der Waals surface area contributed by atoms with Crippen molar-refractivity contribution in [1.29, 1.82) is 0 Å². The van der Waals surface area contributed by atoms with Crippen molar-refractivity contribution < 1.29 is 8.42 Å². The van der Waals surface area contributed by atoms with Gasteiger partial charge in [-0.2, -0.15) is 0 Å². The summed E-state index contributed by atoms with van der Waals surface area (Å²) in [5, 5.41) is 0.429. The SMILES string of the molecule is Cc1cc(CNS(=O)(=O)c2cccc(Cl)c2C)nc(N2CCCCC2)n1. The van der Waals surface area contributed by atoms with E-state index in [0.717, 1.165) is 31.6 Å². The Hall–Kier alpha value is -1.70. The average molecular weight is 395 g/mol. The van der Waals surface area contributed by atoms with Gasteiger partial charge >= 0.3 is 0 Å². The predicted molar refractivity (Wildman–Crippen MR) is 103 cm³/mol. The van der Waals surface area contributed by atoms with Crippen LogP contribution in [-0.4, -0.2) is 31.5 Å². The van der Waals surface area contributed by atoms with Crippen LogP contribution in [0, 0.1) is 13.8 Å². The van der Waals surface area contributed by atoms with Crippen LogP contribution in [0.15, 0.2) is 29.2 Å². The quantitative estimate of drug-likeness (QED) is 0.842. The Morgan fingerprint density at radius 1 is 1.15 bits per heavy atom. The van der Waals surface area contributed by atoms with Gasteiger partial charge in [0.15, 0.2) is 0 Å². The topological polar surface area (TPSA) is 75.2 Å². The Morgan fingerprint density at radius 2 is 1.88 bits per heavy atom. The van der Waals surface area contributed by atoms with Crippen molar-refractivity contribution in [3.05, 3.63) is 46.2 Å². The third-order valence-electron chi connectivity index (χ3n) is 4.49. The first-order chi connectivity index (χ1) is 12.4. The van der Waals surface area contributed by atoms with Crippen LogP contribution in [0.3, 0.4) is 0 Å². The van der Waals surface area contributed by atoms with Crippen molar-refractivity contribution in [2.75, 3.05) is 18.0 Å². The van der Waals surface area contributed by atoms with Gasteiger partial charge in [-0.1, -0.05) is 17.7 Å². The highest BCUT2D eigenvalue weighted by atomic mass is 35.5. The van der Waals surface area contributed by atoms with Gasteiger partial charge in [0.1, 0.15) is 0 Å². The van der Waals surface area contributed by atoms with Gasteiger partial charge in [-0.3, -0.25) is 0 Å². The first-order valence-electron chi connectivity index (χ1n) is 8.71. The standard InChI is InChI=1S/C18H23ClN4O2S/c1-13-11-15(22-18(21-13)23-9-4-3-5-10-23)12-20-26(24,25)17-8-6-7-16(19)14(17)2/h6-8,11,20H,3-5,9-10,12H2,1-2H3. The molecule has 6 nitrogen and oxygen atoms in total. The monoisotopic (exact) mass is 394 g/mol. The van der Waals surface area contributed by atoms with Crippen molar-refractivity contribution in [1.82, 2.24) is 14.7 Å². The van der Waals surface area contributed by atoms with Crippen LogP contribution in [0.1, 0.15) is 36.2 Å². The van der Waals surface area contributed by atoms with Crippen LogP contribution in [-0.2, 0) is 16.6 Å². The molecule has 0 spiro atoms. The normalized spacial score (nSPS) is 15.3. The number of nitrogens with one attached hydrogen (secondary N) is 1. The molecule has 3 rings (SSSR count). The van der Waals surface area contributed by atoms with E-state index in [0.29, 0.717) is 22.2 Å². The number of sulfonamides is 1. The van der Waals surface area contributed by atoms with Crippen LogP contribution < -0.4 is 9.62 Å². The summed E-state index contributed by atoms with van der Waals surface area (Å²) in [6, 6.07) is 6.66. The molecule has 0 aliphatic carbocycles. The fourth-order valence-corrected chi connectivity index (χ4v) is 4.56. The van der Waals surface area contributed by atoms with E-state index in [9.17, 15) is 8.42 Å². The second-order valence-corrected chi connectivity index (χ2v) is 8.68. The van der Waals surface area contributed by atoms with Crippen molar-refractivity contribution in [3.63, 3.8) is 0 Å². The summed E-state index contributed by atoms with van der Waals surface area (Å²) in [7, 11) is -3.67. The highest BCUT2D eigenvalue weighted by Crippen LogP contribution is 2.23. The Kier molecular flexibility index (Phi) is 5.79. The van der Waals surface area contributed by atoms with Gasteiger partial charge < -0.3 is 4.90 Å². The van der Waals surface area contributed by atoms with E-state index in [-0.39, 0.29) is 11.4 Å². The molecule has 1 N–H and O–H groups in total. The van der Waals surface area contributed by atoms with E-state index in [1.807, 2.05) is 6.92 Å². The number of hydrogen-bond donors (Lipinski definition) is 1. The summed E-state index contributed by atoms with van der Waals surface area (Å²) in [5.74, 6) is 0.679. The van der Waals surface area contributed by atoms with Crippen LogP contribution >= 0.6 is 11.6 Å². The molecule has 1 fully saturated rings. The molecule has 8 heteroatoms. The second-order valence-electron chi connectivity index (χ2n) is 6.54. The Morgan fingerprint density at radius 3 is 2.62 bits per heavy atom. The van der Waals surface area contributed by atoms with Crippen LogP contribution in [0.2, 0.25) is 5.02 Å². The molecule has 0 saturated carbocycles. The smallest absolute Gasteiger partial charge is 0.241 e. The number of anilines is 1. The Labute approximate surface area is 159 Å². The lowest BCUT2D eigenvalue weighted by Crippen LogP contribution is -2.32. The van der Waals surface area contributed by atoms with Crippen LogP contribution in [0.4, 0.5) is 5.95 Å². The van der Waals surface area contributed by atoms with Gasteiger partial charge in [0.2, 0.25) is 16.0 Å². The largest absolute Gasteiger partial charge is 0.341 e. The summed E-state index contributed by atoms with van der Waals surface area (Å²) in [5.41, 5.74) is 2.02. The van der Waals surface area contributed by atoms with Crippen molar-refractivity contribution >= 4 is 27.6 Å². The van der Waals surface area contributed by atoms with E-state index in [4.69, 9.17) is 11.6 Å². The highest BCUT2D eigenvalue weighted by Gasteiger charge is 2.19. The first kappa shape index (κ1) is 19.1. The number of aryl methyl sites for hydroxylation is 1. The van der Waals surface area contributed by atoms with Crippen molar-refractivity contribution in [2.45, 2.75) is 44.6 Å². The lowest BCUT2D eigenvalue weighted by atomic mass is 10.1. The lowest BCUT2D eigenvalue weighted by Gasteiger charge is -2.27. The lowest BCUT2D eigenvalue weighted by molar-refractivity contribution is 0.565. The zero-order valence-corrected chi connectivity index (χ0v) is 16.6. The number of benzene rings is 1. The molecule has 1 aliphatic rings. The number of aromatic nitrogens is 2. The fraction of sp³-hybridized carbons (Fsp3) is 0.444. The second kappa shape index (κ2) is 7.90. The zero-order valence-electron chi connectivity index (χ0n) is 15.0. The molecule has 0 amide bonds. The third kappa shape index (κ3) is 4.34. The van der Waals surface area contributed by atoms with Gasteiger partial charge in [0.05, 0.1) is 17.1 Å². The number of piperidine rings is 1. The summed E-state index contributed by atoms with van der Waals surface area (Å²) in [6.07, 6.45) is 3.49. The molecule has 1 aromatic carbocycles. The molecular weight excluding hydrogens is 372 g/mol. The molecule has 2 heterocycles. The Balaban J connectivity index is 1.78. The summed E-state index contributed by atoms with van der Waals surface area (Å²) in [4.78, 5) is 11.4. The molecule has 140 valence electrons. The molecule has 2 aromatic rings. The maximum Gasteiger partial charge on any atom is 0.241 e. The molecular formula is C18H23ClN4O2S. The molecule has 0 radical (unpaired) electrons. The van der Waals surface area contributed by atoms with Gasteiger partial charge in [0, 0.05) is 23.8 Å². The number of hydrogen-bond acceptors (Lipinski definition) is 5. The van der Waals surface area contributed by atoms with E-state index in [1.165, 1.54) is 6.42 Å². The zero-order chi connectivity index (χ0) is 18.7. The van der Waals surface area contributed by atoms with E-state index in [1.54, 1.807) is 31.2 Å². The summed E-state index contributed by atoms with van der Waals surface area (Å²) >= 11 is 6.05. The van der Waals surface area contributed by atoms with E-state index >= 15 is 0 Å². The predicted octanol–water partition coefficient (Wildman–Crippen LogP) is 3.22. The Bertz CT molecular complexity index is 896. The minimum Gasteiger partial charge on any atom is -0.341 e. The average Bonchev–Trinajstić information content (AvgIpc) is 2.62. The molecule has 1 saturated heterocycles. The summed E-state index contributed by atoms with van der Waals surface area (Å²) < 4.78 is 27.9. The minimum atomic E-state index is -3.67. The molecule has 1 aliphatic heterocycles. The molecule has 0 bridgehead atoms. The van der Waals surface area contributed by atoms with Gasteiger partial charge in [-0.15, -0.1) is 0 Å². The maximum atomic E-state index is 12.6. The maximum absolute atomic E-state index is 12.6. The van der Waals surface area contributed by atoms with Crippen molar-refractivity contribution in [3.8, 4) is 0 Å². The fourth-order valence-electron chi connectivity index (χ4n) is 3.07. The number of rotatable bonds is 5. The molecule has 26 heavy (non-hydrogen) atoms. The van der Waals surface area contributed by atoms with E-state index in [2.05, 4.69) is 19.6 Å². The van der Waals surface area contributed by atoms with Gasteiger partial charge in [0.25, 0.3) is 0 Å². The number of nitrogens with zero attached hydrogens (tertiary/aromatic N) is 3. The molecule has 0 atom stereocenters. The van der Waals surface area contributed by atoms with Crippen LogP contribution in [0.5, 0.6) is 0 Å². The van der Waals surface area contributed by atoms with Crippen LogP contribution in [0.25, 0.3) is 0 Å². The van der Waals surface area contributed by atoms with E-state index < -0.39 is 10.0 Å². The third-order valence-corrected chi connectivity index (χ3v) is 6.44. The first-order valence-corrected chi connectivity index (χ1v) is 10.6. The highest BCUT2D eigenvalue weighted by molar-refractivity contribution is 7.89. The summed E-state index contributed by atoms with van der Waals surface area (Å²) in [6.45, 7) is 5.58. The molecule has 0 unspecified atom stereocenters. The molecule has 1 aromatic heterocycles.